The number of anilines is 1. The van der Waals surface area contributed by atoms with E-state index in [1.54, 1.807) is 23.2 Å². The van der Waals surface area contributed by atoms with Gasteiger partial charge in [0.2, 0.25) is 5.91 Å². The number of fused-ring (bicyclic) bond motifs is 1. The van der Waals surface area contributed by atoms with Gasteiger partial charge in [-0.25, -0.2) is 9.18 Å². The number of hydrogen-bond donors (Lipinski definition) is 3. The first-order chi connectivity index (χ1) is 23.5. The van der Waals surface area contributed by atoms with Crippen molar-refractivity contribution in [2.24, 2.45) is 0 Å². The maximum absolute atomic E-state index is 15.2. The van der Waals surface area contributed by atoms with Crippen molar-refractivity contribution >= 4 is 56.6 Å². The molecule has 0 radical (unpaired) electrons. The Morgan fingerprint density at radius 3 is 2.55 bits per heavy atom. The molecule has 1 fully saturated rings. The number of ether oxygens (including phenoxy) is 2. The van der Waals surface area contributed by atoms with E-state index in [2.05, 4.69) is 45.2 Å². The van der Waals surface area contributed by atoms with Crippen molar-refractivity contribution in [2.45, 2.75) is 38.8 Å². The first-order valence-corrected chi connectivity index (χ1v) is 17.1. The number of carbonyl (C=O) groups is 2. The first kappa shape index (κ1) is 34.0. The van der Waals surface area contributed by atoms with Gasteiger partial charge in [0.25, 0.3) is 0 Å². The number of halogens is 1. The quantitative estimate of drug-likeness (QED) is 0.148. The van der Waals surface area contributed by atoms with E-state index in [1.807, 2.05) is 57.2 Å². The highest BCUT2D eigenvalue weighted by Crippen LogP contribution is 2.40. The Kier molecular flexibility index (Phi) is 10.2. The summed E-state index contributed by atoms with van der Waals surface area (Å²) in [7, 11) is 0. The molecule has 1 aliphatic heterocycles. The predicted octanol–water partition coefficient (Wildman–Crippen LogP) is 7.83. The molecular weight excluding hydrogens is 662 g/mol. The standard InChI is InChI=1S/C37H36FN5O4S2/c1-37(2,3)47-36(45)43-18-17-40-29(22-43)24-9-11-25(12-10-24)32-21-28-34(49-32)31(15-16-39-28)46-30-14-13-26(20-27(30)38)41-35(48)42-33(44)19-23-7-5-4-6-8-23/h4-16,20-21,29,40H,17-19,22H2,1-3H3,(H2,41,42,44,48). The lowest BCUT2D eigenvalue weighted by atomic mass is 10.0. The average Bonchev–Trinajstić information content (AvgIpc) is 3.51. The summed E-state index contributed by atoms with van der Waals surface area (Å²) in [4.78, 5) is 32.2. The summed E-state index contributed by atoms with van der Waals surface area (Å²) in [5, 5.41) is 9.04. The van der Waals surface area contributed by atoms with E-state index in [0.29, 0.717) is 31.1 Å². The Morgan fingerprint density at radius 1 is 1.04 bits per heavy atom. The third-order valence-electron chi connectivity index (χ3n) is 7.67. The van der Waals surface area contributed by atoms with Crippen LogP contribution in [0.15, 0.2) is 91.1 Å². The third-order valence-corrected chi connectivity index (χ3v) is 9.06. The monoisotopic (exact) mass is 697 g/mol. The Bertz CT molecular complexity index is 1980. The number of hydrogen-bond acceptors (Lipinski definition) is 8. The van der Waals surface area contributed by atoms with Crippen LogP contribution >= 0.6 is 23.6 Å². The molecule has 49 heavy (non-hydrogen) atoms. The van der Waals surface area contributed by atoms with Gasteiger partial charge in [0.05, 0.1) is 22.7 Å². The molecule has 9 nitrogen and oxygen atoms in total. The van der Waals surface area contributed by atoms with Crippen LogP contribution < -0.4 is 20.7 Å². The zero-order chi connectivity index (χ0) is 34.5. The second-order valence-corrected chi connectivity index (χ2v) is 14.1. The number of thiophene rings is 1. The van der Waals surface area contributed by atoms with Crippen molar-refractivity contribution in [3.8, 4) is 21.9 Å². The number of nitrogens with zero attached hydrogens (tertiary/aromatic N) is 2. The molecule has 0 saturated carbocycles. The van der Waals surface area contributed by atoms with Crippen LogP contribution in [0.4, 0.5) is 14.9 Å². The largest absolute Gasteiger partial charge is 0.453 e. The van der Waals surface area contributed by atoms with Crippen LogP contribution in [0.1, 0.15) is 37.9 Å². The van der Waals surface area contributed by atoms with Crippen molar-refractivity contribution < 1.29 is 23.5 Å². The summed E-state index contributed by atoms with van der Waals surface area (Å²) in [6.45, 7) is 7.39. The number of pyridine rings is 1. The number of rotatable bonds is 7. The molecule has 3 N–H and O–H groups in total. The van der Waals surface area contributed by atoms with Crippen molar-refractivity contribution in [3.05, 3.63) is 108 Å². The zero-order valence-electron chi connectivity index (χ0n) is 27.3. The van der Waals surface area contributed by atoms with Gasteiger partial charge in [-0.05, 0) is 67.9 Å². The normalized spacial score (nSPS) is 14.7. The fourth-order valence-corrected chi connectivity index (χ4v) is 6.68. The number of benzene rings is 3. The van der Waals surface area contributed by atoms with Crippen molar-refractivity contribution in [3.63, 3.8) is 0 Å². The molecular formula is C37H36FN5O4S2. The Balaban J connectivity index is 1.10. The minimum atomic E-state index is -0.595. The minimum absolute atomic E-state index is 0.00940. The summed E-state index contributed by atoms with van der Waals surface area (Å²) in [6, 6.07) is 25.6. The van der Waals surface area contributed by atoms with Gasteiger partial charge >= 0.3 is 6.09 Å². The highest BCUT2D eigenvalue weighted by molar-refractivity contribution is 7.80. The fraction of sp³-hybridized carbons (Fsp3) is 0.243. The van der Waals surface area contributed by atoms with Crippen LogP contribution in [0.5, 0.6) is 11.5 Å². The summed E-state index contributed by atoms with van der Waals surface area (Å²) >= 11 is 6.76. The van der Waals surface area contributed by atoms with Gasteiger partial charge in [0, 0.05) is 48.5 Å². The Labute approximate surface area is 293 Å². The van der Waals surface area contributed by atoms with Gasteiger partial charge in [0.1, 0.15) is 11.4 Å². The van der Waals surface area contributed by atoms with Crippen LogP contribution in [0.2, 0.25) is 0 Å². The van der Waals surface area contributed by atoms with Gasteiger partial charge in [-0.3, -0.25) is 9.78 Å². The average molecular weight is 698 g/mol. The van der Waals surface area contributed by atoms with Crippen molar-refractivity contribution in [1.29, 1.82) is 0 Å². The smallest absolute Gasteiger partial charge is 0.410 e. The molecule has 3 heterocycles. The number of aromatic nitrogens is 1. The number of piperazine rings is 1. The molecule has 1 saturated heterocycles. The maximum Gasteiger partial charge on any atom is 0.410 e. The van der Waals surface area contributed by atoms with Crippen molar-refractivity contribution in [2.75, 3.05) is 25.0 Å². The lowest BCUT2D eigenvalue weighted by Crippen LogP contribution is -2.49. The molecule has 0 aliphatic carbocycles. The van der Waals surface area contributed by atoms with Gasteiger partial charge < -0.3 is 30.3 Å². The number of carbonyl (C=O) groups excluding carboxylic acids is 2. The topological polar surface area (TPSA) is 105 Å². The summed E-state index contributed by atoms with van der Waals surface area (Å²) in [6.07, 6.45) is 1.50. The molecule has 6 rings (SSSR count). The second kappa shape index (κ2) is 14.7. The van der Waals surface area contributed by atoms with Crippen LogP contribution in [-0.2, 0) is 16.0 Å². The van der Waals surface area contributed by atoms with E-state index in [9.17, 15) is 9.59 Å². The zero-order valence-corrected chi connectivity index (χ0v) is 28.9. The first-order valence-electron chi connectivity index (χ1n) is 15.8. The van der Waals surface area contributed by atoms with Crippen LogP contribution in [0, 0.1) is 5.82 Å². The molecule has 0 spiro atoms. The Hall–Kier alpha value is -4.91. The van der Waals surface area contributed by atoms with E-state index in [0.717, 1.165) is 31.8 Å². The SMILES string of the molecule is CC(C)(C)OC(=O)N1CCNC(c2ccc(-c3cc4nccc(Oc5ccc(NC(=S)NC(=O)Cc6ccccc6)cc5F)c4s3)cc2)C1. The van der Waals surface area contributed by atoms with Gasteiger partial charge in [-0.1, -0.05) is 54.6 Å². The van der Waals surface area contributed by atoms with E-state index in [1.165, 1.54) is 23.5 Å². The lowest BCUT2D eigenvalue weighted by Gasteiger charge is -2.35. The van der Waals surface area contributed by atoms with Gasteiger partial charge in [-0.15, -0.1) is 11.3 Å². The molecule has 3 aromatic carbocycles. The highest BCUT2D eigenvalue weighted by Gasteiger charge is 2.28. The number of thiocarbonyl (C=S) groups is 1. The number of amides is 2. The van der Waals surface area contributed by atoms with E-state index in [4.69, 9.17) is 21.7 Å². The Morgan fingerprint density at radius 2 is 1.82 bits per heavy atom. The van der Waals surface area contributed by atoms with Crippen LogP contribution in [-0.4, -0.2) is 52.2 Å². The van der Waals surface area contributed by atoms with Gasteiger partial charge in [-0.2, -0.15) is 0 Å². The predicted molar refractivity (Wildman–Crippen MR) is 195 cm³/mol. The summed E-state index contributed by atoms with van der Waals surface area (Å²) in [5.41, 5.74) is 3.50. The van der Waals surface area contributed by atoms with Gasteiger partial charge in [0.15, 0.2) is 16.7 Å². The third kappa shape index (κ3) is 8.77. The number of nitrogens with one attached hydrogen (secondary N) is 3. The summed E-state index contributed by atoms with van der Waals surface area (Å²) in [5.74, 6) is -0.348. The molecule has 0 bridgehead atoms. The van der Waals surface area contributed by atoms with E-state index < -0.39 is 11.4 Å². The lowest BCUT2D eigenvalue weighted by molar-refractivity contribution is -0.119. The molecule has 1 atom stereocenters. The van der Waals surface area contributed by atoms with E-state index in [-0.39, 0.29) is 35.3 Å². The van der Waals surface area contributed by atoms with E-state index >= 15 is 4.39 Å². The summed E-state index contributed by atoms with van der Waals surface area (Å²) < 4.78 is 27.6. The molecule has 2 amide bonds. The van der Waals surface area contributed by atoms with Crippen molar-refractivity contribution in [1.82, 2.24) is 20.5 Å². The fourth-order valence-electron chi connectivity index (χ4n) is 5.38. The molecule has 5 aromatic rings. The van der Waals surface area contributed by atoms with Crippen LogP contribution in [0.3, 0.4) is 0 Å². The van der Waals surface area contributed by atoms with Crippen LogP contribution in [0.25, 0.3) is 20.7 Å². The minimum Gasteiger partial charge on any atom is -0.453 e. The molecule has 1 unspecified atom stereocenters. The molecule has 252 valence electrons. The molecule has 12 heteroatoms. The molecule has 2 aromatic heterocycles. The second-order valence-electron chi connectivity index (χ2n) is 12.6. The molecule has 1 aliphatic rings. The highest BCUT2D eigenvalue weighted by atomic mass is 32.1. The maximum atomic E-state index is 15.2.